The molecule has 0 atom stereocenters. The van der Waals surface area contributed by atoms with Gasteiger partial charge in [0.1, 0.15) is 13.2 Å². The van der Waals surface area contributed by atoms with Gasteiger partial charge in [0.25, 0.3) is 0 Å². The Kier molecular flexibility index (Phi) is 6.39. The summed E-state index contributed by atoms with van der Waals surface area (Å²) in [6, 6.07) is 8.51. The Labute approximate surface area is 145 Å². The molecular weight excluding hydrogens is 385 g/mol. The summed E-state index contributed by atoms with van der Waals surface area (Å²) in [6.07, 6.45) is -9.03. The van der Waals surface area contributed by atoms with Crippen LogP contribution in [0.25, 0.3) is 0 Å². The van der Waals surface area contributed by atoms with Gasteiger partial charge in [-0.25, -0.2) is 0 Å². The van der Waals surface area contributed by atoms with Crippen LogP contribution in [0.1, 0.15) is 22.3 Å². The standard InChI is InChI=1S/C16H12F6O3P/c17-15(18,19)13-5-1-3-11(7-13)9-24-26(23)25-10-12-4-2-6-14(8-12)16(20,21)22/h1-8H,9-10H2/q+1. The van der Waals surface area contributed by atoms with Gasteiger partial charge in [0.2, 0.25) is 0 Å². The average Bonchev–Trinajstić information content (AvgIpc) is 2.57. The highest BCUT2D eigenvalue weighted by Gasteiger charge is 2.32. The fourth-order valence-corrected chi connectivity index (χ4v) is 2.55. The Morgan fingerprint density at radius 1 is 0.731 bits per heavy atom. The first kappa shape index (κ1) is 20.4. The van der Waals surface area contributed by atoms with Crippen LogP contribution in [-0.4, -0.2) is 0 Å². The molecule has 0 fully saturated rings. The largest absolute Gasteiger partial charge is 0.698 e. The van der Waals surface area contributed by atoms with Crippen LogP contribution in [0.5, 0.6) is 0 Å². The third kappa shape index (κ3) is 6.09. The van der Waals surface area contributed by atoms with Gasteiger partial charge in [-0.1, -0.05) is 24.3 Å². The first-order valence-corrected chi connectivity index (χ1v) is 8.20. The van der Waals surface area contributed by atoms with Crippen molar-refractivity contribution in [2.24, 2.45) is 0 Å². The Morgan fingerprint density at radius 3 is 1.46 bits per heavy atom. The minimum Gasteiger partial charge on any atom is -0.166 e. The predicted octanol–water partition coefficient (Wildman–Crippen LogP) is 6.12. The molecule has 2 aromatic carbocycles. The molecule has 0 radical (unpaired) electrons. The minimum atomic E-state index is -4.52. The zero-order chi connectivity index (χ0) is 19.4. The van der Waals surface area contributed by atoms with Gasteiger partial charge in [0.15, 0.2) is 0 Å². The lowest BCUT2D eigenvalue weighted by Gasteiger charge is -2.07. The summed E-state index contributed by atoms with van der Waals surface area (Å²) < 4.78 is 96.8. The minimum absolute atomic E-state index is 0.130. The zero-order valence-corrected chi connectivity index (χ0v) is 13.9. The molecule has 26 heavy (non-hydrogen) atoms. The number of rotatable bonds is 6. The first-order valence-electron chi connectivity index (χ1n) is 7.11. The summed E-state index contributed by atoms with van der Waals surface area (Å²) >= 11 is 0. The number of benzene rings is 2. The lowest BCUT2D eigenvalue weighted by atomic mass is 10.1. The first-order chi connectivity index (χ1) is 12.1. The molecule has 0 spiro atoms. The van der Waals surface area contributed by atoms with Crippen LogP contribution in [-0.2, 0) is 39.2 Å². The van der Waals surface area contributed by atoms with E-state index in [-0.39, 0.29) is 11.1 Å². The molecule has 0 saturated carbocycles. The molecule has 0 heterocycles. The molecule has 0 amide bonds. The van der Waals surface area contributed by atoms with Crippen LogP contribution in [0.2, 0.25) is 0 Å². The maximum atomic E-state index is 12.6. The highest BCUT2D eigenvalue weighted by Crippen LogP contribution is 2.33. The van der Waals surface area contributed by atoms with E-state index < -0.39 is 44.9 Å². The molecular formula is C16H12F6O3P+. The topological polar surface area (TPSA) is 35.5 Å². The molecule has 0 saturated heterocycles. The molecule has 0 N–H and O–H groups in total. The Hall–Kier alpha value is -1.96. The van der Waals surface area contributed by atoms with E-state index in [1.807, 2.05) is 0 Å². The summed E-state index contributed by atoms with van der Waals surface area (Å²) in [7, 11) is -2.72. The molecule has 2 aromatic rings. The van der Waals surface area contributed by atoms with E-state index in [0.717, 1.165) is 24.3 Å². The van der Waals surface area contributed by atoms with Crippen molar-refractivity contribution in [2.45, 2.75) is 25.6 Å². The van der Waals surface area contributed by atoms with Gasteiger partial charge >= 0.3 is 20.6 Å². The normalized spacial score (nSPS) is 12.2. The van der Waals surface area contributed by atoms with Crippen LogP contribution in [0.4, 0.5) is 26.3 Å². The van der Waals surface area contributed by atoms with Crippen LogP contribution >= 0.6 is 8.25 Å². The van der Waals surface area contributed by atoms with Crippen LogP contribution < -0.4 is 0 Å². The SMILES string of the molecule is O=[P+](OCc1cccc(C(F)(F)F)c1)OCc1cccc(C(F)(F)F)c1. The second-order valence-electron chi connectivity index (χ2n) is 5.17. The molecule has 0 bridgehead atoms. The quantitative estimate of drug-likeness (QED) is 0.436. The predicted molar refractivity (Wildman–Crippen MR) is 80.1 cm³/mol. The molecule has 0 unspecified atom stereocenters. The molecule has 0 aliphatic rings. The second-order valence-corrected chi connectivity index (χ2v) is 6.13. The van der Waals surface area contributed by atoms with E-state index in [2.05, 4.69) is 0 Å². The van der Waals surface area contributed by atoms with Gasteiger partial charge in [-0.05, 0) is 35.4 Å². The van der Waals surface area contributed by atoms with Gasteiger partial charge in [-0.3, -0.25) is 0 Å². The van der Waals surface area contributed by atoms with Crippen molar-refractivity contribution in [3.05, 3.63) is 70.8 Å². The highest BCUT2D eigenvalue weighted by molar-refractivity contribution is 7.33. The number of halogens is 6. The maximum Gasteiger partial charge on any atom is 0.698 e. The molecule has 0 aromatic heterocycles. The molecule has 10 heteroatoms. The van der Waals surface area contributed by atoms with Crippen molar-refractivity contribution < 1.29 is 40.0 Å². The van der Waals surface area contributed by atoms with E-state index in [0.29, 0.717) is 0 Å². The number of hydrogen-bond acceptors (Lipinski definition) is 3. The van der Waals surface area contributed by atoms with E-state index >= 15 is 0 Å². The van der Waals surface area contributed by atoms with Crippen LogP contribution in [0.15, 0.2) is 48.5 Å². The third-order valence-corrected chi connectivity index (χ3v) is 3.86. The van der Waals surface area contributed by atoms with Crippen LogP contribution in [0, 0.1) is 0 Å². The summed E-state index contributed by atoms with van der Waals surface area (Å²) in [5.74, 6) is 0. The van der Waals surface area contributed by atoms with Crippen molar-refractivity contribution in [2.75, 3.05) is 0 Å². The van der Waals surface area contributed by atoms with E-state index in [1.54, 1.807) is 0 Å². The fraction of sp³-hybridized carbons (Fsp3) is 0.250. The molecule has 3 nitrogen and oxygen atoms in total. The van der Waals surface area contributed by atoms with Crippen molar-refractivity contribution in [1.82, 2.24) is 0 Å². The Morgan fingerprint density at radius 2 is 1.12 bits per heavy atom. The molecule has 0 aliphatic heterocycles. The monoisotopic (exact) mass is 397 g/mol. The van der Waals surface area contributed by atoms with E-state index in [4.69, 9.17) is 9.05 Å². The van der Waals surface area contributed by atoms with Crippen molar-refractivity contribution in [1.29, 1.82) is 0 Å². The lowest BCUT2D eigenvalue weighted by Crippen LogP contribution is -2.05. The Bertz CT molecular complexity index is 710. The van der Waals surface area contributed by atoms with E-state index in [9.17, 15) is 30.9 Å². The number of hydrogen-bond donors (Lipinski definition) is 0. The van der Waals surface area contributed by atoms with Gasteiger partial charge in [0.05, 0.1) is 11.1 Å². The fourth-order valence-electron chi connectivity index (χ4n) is 1.97. The summed E-state index contributed by atoms with van der Waals surface area (Å²) in [5, 5.41) is 0. The van der Waals surface area contributed by atoms with Gasteiger partial charge in [0, 0.05) is 4.57 Å². The van der Waals surface area contributed by atoms with Gasteiger partial charge in [-0.2, -0.15) is 26.3 Å². The summed E-state index contributed by atoms with van der Waals surface area (Å²) in [4.78, 5) is 0. The zero-order valence-electron chi connectivity index (χ0n) is 13.0. The second kappa shape index (κ2) is 8.16. The van der Waals surface area contributed by atoms with Gasteiger partial charge in [-0.15, -0.1) is 9.05 Å². The summed E-state index contributed by atoms with van der Waals surface area (Å²) in [6.45, 7) is -0.802. The van der Waals surface area contributed by atoms with E-state index in [1.165, 1.54) is 24.3 Å². The van der Waals surface area contributed by atoms with Gasteiger partial charge < -0.3 is 0 Å². The molecule has 140 valence electrons. The smallest absolute Gasteiger partial charge is 0.166 e. The third-order valence-electron chi connectivity index (χ3n) is 3.18. The average molecular weight is 397 g/mol. The lowest BCUT2D eigenvalue weighted by molar-refractivity contribution is -0.138. The van der Waals surface area contributed by atoms with Crippen molar-refractivity contribution in [3.8, 4) is 0 Å². The maximum absolute atomic E-state index is 12.6. The molecule has 2 rings (SSSR count). The highest BCUT2D eigenvalue weighted by atomic mass is 31.1. The Balaban J connectivity index is 1.88. The van der Waals surface area contributed by atoms with Crippen LogP contribution in [0.3, 0.4) is 0 Å². The molecule has 0 aliphatic carbocycles. The van der Waals surface area contributed by atoms with Crippen molar-refractivity contribution >= 4 is 8.25 Å². The number of alkyl halides is 6. The van der Waals surface area contributed by atoms with Crippen molar-refractivity contribution in [3.63, 3.8) is 0 Å². The summed E-state index contributed by atoms with van der Waals surface area (Å²) in [5.41, 5.74) is -1.49.